The van der Waals surface area contributed by atoms with Crippen molar-refractivity contribution in [3.05, 3.63) is 24.2 Å². The molecular weight excluding hydrogens is 308 g/mol. The van der Waals surface area contributed by atoms with Gasteiger partial charge in [-0.3, -0.25) is 4.79 Å². The van der Waals surface area contributed by atoms with Crippen LogP contribution >= 0.6 is 0 Å². The Kier molecular flexibility index (Phi) is 5.25. The fourth-order valence-electron chi connectivity index (χ4n) is 2.80. The summed E-state index contributed by atoms with van der Waals surface area (Å²) in [4.78, 5) is 14.0. The maximum absolute atomic E-state index is 12.3. The molecule has 2 heterocycles. The summed E-state index contributed by atoms with van der Waals surface area (Å²) >= 11 is 0. The Labute approximate surface area is 130 Å². The molecule has 0 radical (unpaired) electrons. The fourth-order valence-corrected chi connectivity index (χ4v) is 3.89. The molecule has 124 valence electrons. The number of piperidine rings is 1. The average molecular weight is 330 g/mol. The number of hydrogen-bond acceptors (Lipinski definition) is 5. The molecule has 0 atom stereocenters. The van der Waals surface area contributed by atoms with Gasteiger partial charge in [-0.2, -0.15) is 0 Å². The van der Waals surface area contributed by atoms with E-state index in [-0.39, 0.29) is 5.91 Å². The molecule has 0 spiro atoms. The second-order valence-electron chi connectivity index (χ2n) is 5.70. The Balaban J connectivity index is 2.04. The molecule has 1 fully saturated rings. The van der Waals surface area contributed by atoms with Crippen LogP contribution in [-0.4, -0.2) is 57.8 Å². The topological polar surface area (TPSA) is 88.9 Å². The number of likely N-dealkylation sites (tertiary alicyclic amines) is 1. The molecule has 0 aliphatic carbocycles. The Morgan fingerprint density at radius 1 is 1.45 bits per heavy atom. The van der Waals surface area contributed by atoms with E-state index < -0.39 is 15.6 Å². The van der Waals surface area contributed by atoms with Gasteiger partial charge >= 0.3 is 0 Å². The van der Waals surface area contributed by atoms with Crippen LogP contribution in [0.2, 0.25) is 0 Å². The van der Waals surface area contributed by atoms with Crippen LogP contribution in [0.25, 0.3) is 0 Å². The molecular formula is C14H22N2O5S. The lowest BCUT2D eigenvalue weighted by molar-refractivity contribution is 0.0620. The molecule has 8 heteroatoms. The summed E-state index contributed by atoms with van der Waals surface area (Å²) < 4.78 is 36.0. The molecule has 1 aliphatic heterocycles. The van der Waals surface area contributed by atoms with Crippen LogP contribution in [0.3, 0.4) is 0 Å². The normalized spacial score (nSPS) is 18.4. The smallest absolute Gasteiger partial charge is 0.257 e. The van der Waals surface area contributed by atoms with Gasteiger partial charge in [0.05, 0.1) is 18.1 Å². The van der Waals surface area contributed by atoms with Gasteiger partial charge in [-0.1, -0.05) is 0 Å². The summed E-state index contributed by atoms with van der Waals surface area (Å²) in [6.07, 6.45) is 5.75. The second kappa shape index (κ2) is 6.80. The van der Waals surface area contributed by atoms with Crippen LogP contribution < -0.4 is 4.72 Å². The van der Waals surface area contributed by atoms with E-state index in [4.69, 9.17) is 9.15 Å². The van der Waals surface area contributed by atoms with Crippen LogP contribution in [-0.2, 0) is 14.8 Å². The number of sulfonamides is 1. The number of amides is 1. The molecule has 1 amide bonds. The Hall–Kier alpha value is -1.38. The van der Waals surface area contributed by atoms with Gasteiger partial charge in [0.25, 0.3) is 5.91 Å². The predicted octanol–water partition coefficient (Wildman–Crippen LogP) is 0.840. The lowest BCUT2D eigenvalue weighted by atomic mass is 9.85. The highest BCUT2D eigenvalue weighted by Crippen LogP contribution is 2.27. The molecule has 22 heavy (non-hydrogen) atoms. The third-order valence-corrected chi connectivity index (χ3v) is 4.77. The Morgan fingerprint density at radius 3 is 2.64 bits per heavy atom. The van der Waals surface area contributed by atoms with Crippen LogP contribution in [0.4, 0.5) is 0 Å². The zero-order chi connectivity index (χ0) is 16.2. The number of methoxy groups -OCH3 is 1. The van der Waals surface area contributed by atoms with E-state index in [1.54, 1.807) is 18.1 Å². The molecule has 1 saturated heterocycles. The van der Waals surface area contributed by atoms with Crippen LogP contribution in [0, 0.1) is 0 Å². The Bertz CT molecular complexity index is 589. The van der Waals surface area contributed by atoms with E-state index >= 15 is 0 Å². The lowest BCUT2D eigenvalue weighted by Gasteiger charge is -2.41. The zero-order valence-corrected chi connectivity index (χ0v) is 13.7. The molecule has 0 aromatic carbocycles. The predicted molar refractivity (Wildman–Crippen MR) is 81.0 cm³/mol. The number of nitrogens with zero attached hydrogens (tertiary/aromatic N) is 1. The van der Waals surface area contributed by atoms with Gasteiger partial charge in [0.15, 0.2) is 0 Å². The van der Waals surface area contributed by atoms with Gasteiger partial charge in [-0.15, -0.1) is 0 Å². The minimum Gasteiger partial charge on any atom is -0.472 e. The van der Waals surface area contributed by atoms with Gasteiger partial charge in [0, 0.05) is 32.3 Å². The van der Waals surface area contributed by atoms with Crippen molar-refractivity contribution in [1.29, 1.82) is 0 Å². The number of furan rings is 1. The van der Waals surface area contributed by atoms with Crippen molar-refractivity contribution in [3.63, 3.8) is 0 Å². The van der Waals surface area contributed by atoms with Gasteiger partial charge in [-0.25, -0.2) is 13.1 Å². The minimum absolute atomic E-state index is 0.0894. The van der Waals surface area contributed by atoms with Crippen molar-refractivity contribution in [2.24, 2.45) is 0 Å². The summed E-state index contributed by atoms with van der Waals surface area (Å²) in [6, 6.07) is 1.63. The monoisotopic (exact) mass is 330 g/mol. The van der Waals surface area contributed by atoms with E-state index in [9.17, 15) is 13.2 Å². The maximum Gasteiger partial charge on any atom is 0.257 e. The first-order chi connectivity index (χ1) is 10.4. The first-order valence-corrected chi connectivity index (χ1v) is 9.04. The van der Waals surface area contributed by atoms with E-state index in [2.05, 4.69) is 4.72 Å². The third kappa shape index (κ3) is 4.31. The molecule has 0 saturated carbocycles. The van der Waals surface area contributed by atoms with Crippen LogP contribution in [0.15, 0.2) is 23.0 Å². The fraction of sp³-hybridized carbons (Fsp3) is 0.643. The summed E-state index contributed by atoms with van der Waals surface area (Å²) in [5.74, 6) is -0.0894. The average Bonchev–Trinajstić information content (AvgIpc) is 2.98. The Morgan fingerprint density at radius 2 is 2.14 bits per heavy atom. The number of ether oxygens (including phenoxy) is 1. The number of carbonyl (C=O) groups excluding carboxylic acids is 1. The van der Waals surface area contributed by atoms with Gasteiger partial charge in [0.1, 0.15) is 6.26 Å². The minimum atomic E-state index is -3.32. The highest BCUT2D eigenvalue weighted by atomic mass is 32.2. The van der Waals surface area contributed by atoms with E-state index in [1.165, 1.54) is 12.5 Å². The van der Waals surface area contributed by atoms with E-state index in [0.29, 0.717) is 44.5 Å². The summed E-state index contributed by atoms with van der Waals surface area (Å²) in [5, 5.41) is 0. The summed E-state index contributed by atoms with van der Waals surface area (Å²) in [5.41, 5.74) is -0.0306. The number of hydrogen-bond donors (Lipinski definition) is 1. The van der Waals surface area contributed by atoms with Crippen molar-refractivity contribution in [2.75, 3.05) is 33.1 Å². The van der Waals surface area contributed by atoms with Crippen molar-refractivity contribution in [1.82, 2.24) is 9.62 Å². The molecule has 1 N–H and O–H groups in total. The van der Waals surface area contributed by atoms with Crippen molar-refractivity contribution < 1.29 is 22.4 Å². The maximum atomic E-state index is 12.3. The van der Waals surface area contributed by atoms with Gasteiger partial charge < -0.3 is 14.1 Å². The van der Waals surface area contributed by atoms with Gasteiger partial charge in [0.2, 0.25) is 10.0 Å². The van der Waals surface area contributed by atoms with Crippen molar-refractivity contribution >= 4 is 15.9 Å². The second-order valence-corrected chi connectivity index (χ2v) is 7.45. The lowest BCUT2D eigenvalue weighted by Crippen LogP contribution is -2.56. The molecule has 2 rings (SSSR count). The first-order valence-electron chi connectivity index (χ1n) is 7.15. The third-order valence-electron chi connectivity index (χ3n) is 3.96. The molecule has 1 aromatic rings. The SMILES string of the molecule is COCCC1(NS(C)(=O)=O)CCN(C(=O)c2ccoc2)CC1. The molecule has 1 aromatic heterocycles. The van der Waals surface area contributed by atoms with E-state index in [1.807, 2.05) is 0 Å². The number of nitrogens with one attached hydrogen (secondary N) is 1. The van der Waals surface area contributed by atoms with Crippen molar-refractivity contribution in [2.45, 2.75) is 24.8 Å². The highest BCUT2D eigenvalue weighted by Gasteiger charge is 2.38. The summed E-state index contributed by atoms with van der Waals surface area (Å²) in [6.45, 7) is 1.46. The van der Waals surface area contributed by atoms with E-state index in [0.717, 1.165) is 6.26 Å². The number of rotatable bonds is 6. The van der Waals surface area contributed by atoms with Crippen LogP contribution in [0.1, 0.15) is 29.6 Å². The quantitative estimate of drug-likeness (QED) is 0.835. The van der Waals surface area contributed by atoms with Crippen molar-refractivity contribution in [3.8, 4) is 0 Å². The van der Waals surface area contributed by atoms with Gasteiger partial charge in [-0.05, 0) is 25.3 Å². The zero-order valence-electron chi connectivity index (χ0n) is 12.9. The first kappa shape index (κ1) is 17.0. The molecule has 0 unspecified atom stereocenters. The molecule has 0 bridgehead atoms. The van der Waals surface area contributed by atoms with Crippen LogP contribution in [0.5, 0.6) is 0 Å². The summed E-state index contributed by atoms with van der Waals surface area (Å²) in [7, 11) is -1.73. The molecule has 7 nitrogen and oxygen atoms in total. The highest BCUT2D eigenvalue weighted by molar-refractivity contribution is 7.88. The number of carbonyl (C=O) groups is 1. The largest absolute Gasteiger partial charge is 0.472 e. The standard InChI is InChI=1S/C14H22N2O5S/c1-20-10-6-14(15-22(2,18)19)4-7-16(8-5-14)13(17)12-3-9-21-11-12/h3,9,11,15H,4-8,10H2,1-2H3. The molecule has 1 aliphatic rings.